The van der Waals surface area contributed by atoms with E-state index in [4.69, 9.17) is 16.3 Å². The Balaban J connectivity index is 1.64. The van der Waals surface area contributed by atoms with Crippen LogP contribution in [-0.2, 0) is 4.79 Å². The zero-order valence-corrected chi connectivity index (χ0v) is 11.7. The normalized spacial score (nSPS) is 10.2. The summed E-state index contributed by atoms with van der Waals surface area (Å²) in [7, 11) is 0. The summed E-state index contributed by atoms with van der Waals surface area (Å²) in [6.07, 6.45) is 2.72. The van der Waals surface area contributed by atoms with Gasteiger partial charge < -0.3 is 10.1 Å². The maximum Gasteiger partial charge on any atom is 0.226 e. The van der Waals surface area contributed by atoms with Gasteiger partial charge in [-0.3, -0.25) is 4.79 Å². The van der Waals surface area contributed by atoms with E-state index in [1.54, 1.807) is 30.5 Å². The third-order valence-electron chi connectivity index (χ3n) is 2.31. The van der Waals surface area contributed by atoms with Crippen molar-refractivity contribution in [2.75, 3.05) is 11.9 Å². The van der Waals surface area contributed by atoms with Crippen molar-refractivity contribution >= 4 is 34.0 Å². The lowest BCUT2D eigenvalue weighted by molar-refractivity contribution is -0.116. The predicted molar refractivity (Wildman–Crippen MR) is 76.9 cm³/mol. The van der Waals surface area contributed by atoms with Crippen LogP contribution in [0, 0.1) is 0 Å². The SMILES string of the molecule is O=C(CCCOc1ccc(Cl)cc1)Nc1nccs1. The lowest BCUT2D eigenvalue weighted by Crippen LogP contribution is -2.12. The Morgan fingerprint density at radius 2 is 2.16 bits per heavy atom. The molecule has 100 valence electrons. The Bertz CT molecular complexity index is 514. The number of anilines is 1. The maximum absolute atomic E-state index is 11.5. The molecule has 0 atom stereocenters. The van der Waals surface area contributed by atoms with Gasteiger partial charge in [-0.25, -0.2) is 4.98 Å². The molecule has 0 fully saturated rings. The van der Waals surface area contributed by atoms with Crippen LogP contribution >= 0.6 is 22.9 Å². The zero-order valence-electron chi connectivity index (χ0n) is 10.1. The van der Waals surface area contributed by atoms with E-state index in [1.807, 2.05) is 5.38 Å². The van der Waals surface area contributed by atoms with Crippen LogP contribution in [-0.4, -0.2) is 17.5 Å². The van der Waals surface area contributed by atoms with Crippen LogP contribution in [0.5, 0.6) is 5.75 Å². The van der Waals surface area contributed by atoms with Crippen LogP contribution in [0.4, 0.5) is 5.13 Å². The Hall–Kier alpha value is -1.59. The molecule has 0 saturated heterocycles. The highest BCUT2D eigenvalue weighted by Crippen LogP contribution is 2.16. The first-order valence-corrected chi connectivity index (χ1v) is 7.07. The molecule has 1 aromatic carbocycles. The van der Waals surface area contributed by atoms with E-state index in [0.717, 1.165) is 5.75 Å². The summed E-state index contributed by atoms with van der Waals surface area (Å²) in [4.78, 5) is 15.5. The fraction of sp³-hybridized carbons (Fsp3) is 0.231. The van der Waals surface area contributed by atoms with Crippen molar-refractivity contribution in [2.45, 2.75) is 12.8 Å². The molecule has 0 aliphatic carbocycles. The van der Waals surface area contributed by atoms with Crippen LogP contribution in [0.25, 0.3) is 0 Å². The maximum atomic E-state index is 11.5. The number of thiazole rings is 1. The molecular formula is C13H13ClN2O2S. The number of carbonyl (C=O) groups is 1. The van der Waals surface area contributed by atoms with Gasteiger partial charge in [0.1, 0.15) is 5.75 Å². The first-order valence-electron chi connectivity index (χ1n) is 5.82. The van der Waals surface area contributed by atoms with Crippen molar-refractivity contribution in [3.8, 4) is 5.75 Å². The van der Waals surface area contributed by atoms with Crippen molar-refractivity contribution in [1.29, 1.82) is 0 Å². The third kappa shape index (κ3) is 4.89. The molecule has 0 aliphatic rings. The molecule has 0 unspecified atom stereocenters. The van der Waals surface area contributed by atoms with Gasteiger partial charge in [0, 0.05) is 23.0 Å². The summed E-state index contributed by atoms with van der Waals surface area (Å²) in [5.41, 5.74) is 0. The average Bonchev–Trinajstić information content (AvgIpc) is 2.89. The molecule has 1 amide bonds. The van der Waals surface area contributed by atoms with Crippen LogP contribution < -0.4 is 10.1 Å². The number of rotatable bonds is 6. The number of amides is 1. The van der Waals surface area contributed by atoms with Gasteiger partial charge in [-0.2, -0.15) is 0 Å². The standard InChI is InChI=1S/C13H13ClN2O2S/c14-10-3-5-11(6-4-10)18-8-1-2-12(17)16-13-15-7-9-19-13/h3-7,9H,1-2,8H2,(H,15,16,17). The molecule has 1 N–H and O–H groups in total. The molecule has 1 heterocycles. The summed E-state index contributed by atoms with van der Waals surface area (Å²) >= 11 is 7.17. The molecule has 4 nitrogen and oxygen atoms in total. The highest BCUT2D eigenvalue weighted by molar-refractivity contribution is 7.13. The molecule has 0 aliphatic heterocycles. The molecule has 19 heavy (non-hydrogen) atoms. The molecule has 0 saturated carbocycles. The smallest absolute Gasteiger partial charge is 0.226 e. The molecule has 6 heteroatoms. The topological polar surface area (TPSA) is 51.2 Å². The van der Waals surface area contributed by atoms with Gasteiger partial charge in [0.25, 0.3) is 0 Å². The second kappa shape index (κ2) is 7.11. The van der Waals surface area contributed by atoms with Gasteiger partial charge >= 0.3 is 0 Å². The Labute approximate surface area is 120 Å². The largest absolute Gasteiger partial charge is 0.494 e. The minimum Gasteiger partial charge on any atom is -0.494 e. The minimum absolute atomic E-state index is 0.0466. The van der Waals surface area contributed by atoms with E-state index in [9.17, 15) is 4.79 Å². The number of carbonyl (C=O) groups excluding carboxylic acids is 1. The molecule has 2 aromatic rings. The van der Waals surface area contributed by atoms with E-state index < -0.39 is 0 Å². The summed E-state index contributed by atoms with van der Waals surface area (Å²) in [5.74, 6) is 0.708. The lowest BCUT2D eigenvalue weighted by atomic mass is 10.3. The first-order chi connectivity index (χ1) is 9.24. The number of aromatic nitrogens is 1. The van der Waals surface area contributed by atoms with Crippen LogP contribution in [0.1, 0.15) is 12.8 Å². The number of hydrogen-bond donors (Lipinski definition) is 1. The second-order valence-corrected chi connectivity index (χ2v) is 5.12. The van der Waals surface area contributed by atoms with Crippen molar-refractivity contribution in [3.05, 3.63) is 40.9 Å². The van der Waals surface area contributed by atoms with Crippen molar-refractivity contribution in [1.82, 2.24) is 4.98 Å². The number of hydrogen-bond acceptors (Lipinski definition) is 4. The molecule has 2 rings (SSSR count). The number of ether oxygens (including phenoxy) is 1. The van der Waals surface area contributed by atoms with Gasteiger partial charge in [0.15, 0.2) is 5.13 Å². The quantitative estimate of drug-likeness (QED) is 0.829. The molecule has 0 spiro atoms. The van der Waals surface area contributed by atoms with Gasteiger partial charge in [0.2, 0.25) is 5.91 Å². The number of nitrogens with one attached hydrogen (secondary N) is 1. The molecular weight excluding hydrogens is 284 g/mol. The van der Waals surface area contributed by atoms with Gasteiger partial charge in [-0.05, 0) is 30.7 Å². The van der Waals surface area contributed by atoms with Crippen molar-refractivity contribution in [3.63, 3.8) is 0 Å². The Morgan fingerprint density at radius 3 is 2.84 bits per heavy atom. The van der Waals surface area contributed by atoms with E-state index in [2.05, 4.69) is 10.3 Å². The van der Waals surface area contributed by atoms with Gasteiger partial charge in [-0.1, -0.05) is 11.6 Å². The first kappa shape index (κ1) is 13.8. The highest BCUT2D eigenvalue weighted by atomic mass is 35.5. The highest BCUT2D eigenvalue weighted by Gasteiger charge is 2.03. The fourth-order valence-electron chi connectivity index (χ4n) is 1.42. The van der Waals surface area contributed by atoms with Crippen LogP contribution in [0.15, 0.2) is 35.8 Å². The fourth-order valence-corrected chi connectivity index (χ4v) is 2.09. The number of nitrogens with zero attached hydrogens (tertiary/aromatic N) is 1. The Kier molecular flexibility index (Phi) is 5.18. The van der Waals surface area contributed by atoms with Gasteiger partial charge in [-0.15, -0.1) is 11.3 Å². The Morgan fingerprint density at radius 1 is 1.37 bits per heavy atom. The molecule has 0 radical (unpaired) electrons. The van der Waals surface area contributed by atoms with E-state index in [1.165, 1.54) is 11.3 Å². The minimum atomic E-state index is -0.0466. The summed E-state index contributed by atoms with van der Waals surface area (Å²) < 4.78 is 5.49. The summed E-state index contributed by atoms with van der Waals surface area (Å²) in [5, 5.41) is 5.85. The van der Waals surface area contributed by atoms with Gasteiger partial charge in [0.05, 0.1) is 6.61 Å². The van der Waals surface area contributed by atoms with E-state index in [0.29, 0.717) is 29.6 Å². The number of halogens is 1. The third-order valence-corrected chi connectivity index (χ3v) is 3.25. The van der Waals surface area contributed by atoms with Crippen molar-refractivity contribution in [2.24, 2.45) is 0 Å². The van der Waals surface area contributed by atoms with Crippen LogP contribution in [0.3, 0.4) is 0 Å². The summed E-state index contributed by atoms with van der Waals surface area (Å²) in [6.45, 7) is 0.493. The molecule has 0 bridgehead atoms. The van der Waals surface area contributed by atoms with E-state index >= 15 is 0 Å². The lowest BCUT2D eigenvalue weighted by Gasteiger charge is -2.06. The second-order valence-electron chi connectivity index (χ2n) is 3.79. The average molecular weight is 297 g/mol. The zero-order chi connectivity index (χ0) is 13.5. The van der Waals surface area contributed by atoms with Crippen LogP contribution in [0.2, 0.25) is 5.02 Å². The monoisotopic (exact) mass is 296 g/mol. The van der Waals surface area contributed by atoms with E-state index in [-0.39, 0.29) is 5.91 Å². The number of benzene rings is 1. The molecule has 1 aromatic heterocycles. The summed E-state index contributed by atoms with van der Waals surface area (Å²) in [6, 6.07) is 7.15. The predicted octanol–water partition coefficient (Wildman–Crippen LogP) is 3.59. The van der Waals surface area contributed by atoms with Crippen molar-refractivity contribution < 1.29 is 9.53 Å².